The van der Waals surface area contributed by atoms with Crippen molar-refractivity contribution in [1.82, 2.24) is 0 Å². The molecule has 0 N–H and O–H groups in total. The number of carbonyl (C=O) groups is 2. The van der Waals surface area contributed by atoms with Gasteiger partial charge in [0.15, 0.2) is 6.07 Å². The summed E-state index contributed by atoms with van der Waals surface area (Å²) in [5.41, 5.74) is 1.05. The van der Waals surface area contributed by atoms with Gasteiger partial charge in [-0.05, 0) is 18.6 Å². The lowest BCUT2D eigenvalue weighted by Gasteiger charge is -2.04. The van der Waals surface area contributed by atoms with E-state index in [0.717, 1.165) is 5.56 Å². The summed E-state index contributed by atoms with van der Waals surface area (Å²) in [4.78, 5) is 22.2. The molecular weight excluding hydrogens is 220 g/mol. The maximum atomic E-state index is 11.4. The minimum absolute atomic E-state index is 0.323. The molecule has 0 bridgehead atoms. The highest BCUT2D eigenvalue weighted by molar-refractivity contribution is 6.17. The van der Waals surface area contributed by atoms with E-state index in [2.05, 4.69) is 9.47 Å². The van der Waals surface area contributed by atoms with Crippen LogP contribution in [0.2, 0.25) is 0 Å². The fraction of sp³-hybridized carbons (Fsp3) is 0.200. The number of hydrogen-bond acceptors (Lipinski definition) is 4. The number of carbonyl (C=O) groups excluding carboxylic acids is 2. The van der Waals surface area contributed by atoms with E-state index < -0.39 is 12.1 Å². The molecule has 0 heterocycles. The molecule has 0 aliphatic carbocycles. The van der Waals surface area contributed by atoms with E-state index >= 15 is 0 Å². The topological polar surface area (TPSA) is 52.6 Å². The second-order valence-electron chi connectivity index (χ2n) is 2.71. The number of ether oxygens (including phenoxy) is 2. The Morgan fingerprint density at radius 1 is 1.33 bits per heavy atom. The molecule has 0 spiro atoms. The molecule has 15 heavy (non-hydrogen) atoms. The Morgan fingerprint density at radius 2 is 2.00 bits per heavy atom. The Kier molecular flexibility index (Phi) is 4.12. The zero-order valence-electron chi connectivity index (χ0n) is 8.03. The average Bonchev–Trinajstić information content (AvgIpc) is 2.18. The lowest BCUT2D eigenvalue weighted by Crippen LogP contribution is -2.14. The highest BCUT2D eigenvalue weighted by atomic mass is 35.5. The van der Waals surface area contributed by atoms with Gasteiger partial charge in [-0.15, -0.1) is 0 Å². The van der Waals surface area contributed by atoms with Crippen LogP contribution in [0, 0.1) is 6.92 Å². The van der Waals surface area contributed by atoms with E-state index in [1.54, 1.807) is 31.2 Å². The van der Waals surface area contributed by atoms with Crippen molar-refractivity contribution < 1.29 is 19.1 Å². The SMILES string of the molecule is Cc1ccccc1C(=O)OC(=O)OCCl. The van der Waals surface area contributed by atoms with Crippen LogP contribution in [0.1, 0.15) is 15.9 Å². The molecule has 0 unspecified atom stereocenters. The molecule has 1 rings (SSSR count). The minimum atomic E-state index is -1.10. The summed E-state index contributed by atoms with van der Waals surface area (Å²) in [6.45, 7) is 1.74. The van der Waals surface area contributed by atoms with Gasteiger partial charge in [0.25, 0.3) is 0 Å². The number of halogens is 1. The number of aryl methyl sites for hydroxylation is 1. The van der Waals surface area contributed by atoms with Crippen LogP contribution in [0.3, 0.4) is 0 Å². The van der Waals surface area contributed by atoms with Crippen LogP contribution in [0.5, 0.6) is 0 Å². The third kappa shape index (κ3) is 3.25. The van der Waals surface area contributed by atoms with Crippen molar-refractivity contribution in [3.63, 3.8) is 0 Å². The van der Waals surface area contributed by atoms with Gasteiger partial charge in [0, 0.05) is 0 Å². The van der Waals surface area contributed by atoms with Gasteiger partial charge < -0.3 is 9.47 Å². The molecule has 0 radical (unpaired) electrons. The number of esters is 1. The third-order valence-corrected chi connectivity index (χ3v) is 1.82. The Morgan fingerprint density at radius 3 is 2.60 bits per heavy atom. The molecule has 0 aliphatic heterocycles. The van der Waals surface area contributed by atoms with Gasteiger partial charge >= 0.3 is 12.1 Å². The number of rotatable bonds is 2. The first-order valence-electron chi connectivity index (χ1n) is 4.15. The Balaban J connectivity index is 2.70. The fourth-order valence-electron chi connectivity index (χ4n) is 1.01. The van der Waals surface area contributed by atoms with Crippen LogP contribution < -0.4 is 0 Å². The quantitative estimate of drug-likeness (QED) is 0.443. The van der Waals surface area contributed by atoms with Crippen LogP contribution in [-0.4, -0.2) is 18.2 Å². The first-order chi connectivity index (χ1) is 7.15. The van der Waals surface area contributed by atoms with Gasteiger partial charge in [0.05, 0.1) is 5.56 Å². The van der Waals surface area contributed by atoms with Crippen molar-refractivity contribution in [2.75, 3.05) is 6.07 Å². The van der Waals surface area contributed by atoms with Crippen molar-refractivity contribution in [2.45, 2.75) is 6.92 Å². The predicted octanol–water partition coefficient (Wildman–Crippen LogP) is 2.48. The molecule has 0 aliphatic rings. The van der Waals surface area contributed by atoms with E-state index in [4.69, 9.17) is 11.6 Å². The Hall–Kier alpha value is -1.55. The van der Waals surface area contributed by atoms with E-state index in [0.29, 0.717) is 5.56 Å². The van der Waals surface area contributed by atoms with Crippen LogP contribution in [-0.2, 0) is 9.47 Å². The zero-order valence-corrected chi connectivity index (χ0v) is 8.78. The van der Waals surface area contributed by atoms with Crippen molar-refractivity contribution in [2.24, 2.45) is 0 Å². The molecule has 0 atom stereocenters. The Bertz CT molecular complexity index is 375. The molecule has 4 nitrogen and oxygen atoms in total. The fourth-order valence-corrected chi connectivity index (χ4v) is 1.10. The molecule has 0 saturated carbocycles. The standard InChI is InChI=1S/C10H9ClO4/c1-7-4-2-3-5-8(7)9(12)15-10(13)14-6-11/h2-5H,6H2,1H3. The summed E-state index contributed by atoms with van der Waals surface area (Å²) in [5.74, 6) is -0.747. The maximum absolute atomic E-state index is 11.4. The molecule has 1 aromatic carbocycles. The Labute approximate surface area is 91.7 Å². The monoisotopic (exact) mass is 228 g/mol. The molecule has 0 saturated heterocycles. The summed E-state index contributed by atoms with van der Waals surface area (Å²) in [6.07, 6.45) is -1.10. The maximum Gasteiger partial charge on any atom is 0.517 e. The van der Waals surface area contributed by atoms with Crippen molar-refractivity contribution in [3.8, 4) is 0 Å². The van der Waals surface area contributed by atoms with Crippen molar-refractivity contribution in [3.05, 3.63) is 35.4 Å². The van der Waals surface area contributed by atoms with Crippen LogP contribution in [0.15, 0.2) is 24.3 Å². The normalized spacial score (nSPS) is 9.47. The summed E-state index contributed by atoms with van der Waals surface area (Å²) in [6, 6.07) is 6.41. The molecule has 0 amide bonds. The highest BCUT2D eigenvalue weighted by Gasteiger charge is 2.15. The summed E-state index contributed by atoms with van der Waals surface area (Å²) in [5, 5.41) is 0. The van der Waals surface area contributed by atoms with E-state index in [1.807, 2.05) is 0 Å². The second kappa shape index (κ2) is 5.36. The lowest BCUT2D eigenvalue weighted by atomic mass is 10.1. The smallest absolute Gasteiger partial charge is 0.418 e. The summed E-state index contributed by atoms with van der Waals surface area (Å²) < 4.78 is 8.63. The van der Waals surface area contributed by atoms with Crippen molar-refractivity contribution >= 4 is 23.7 Å². The number of hydrogen-bond donors (Lipinski definition) is 0. The predicted molar refractivity (Wildman–Crippen MR) is 53.8 cm³/mol. The number of alkyl halides is 1. The van der Waals surface area contributed by atoms with Gasteiger partial charge in [-0.1, -0.05) is 29.8 Å². The lowest BCUT2D eigenvalue weighted by molar-refractivity contribution is 0.0434. The molecule has 0 aromatic heterocycles. The van der Waals surface area contributed by atoms with Crippen molar-refractivity contribution in [1.29, 1.82) is 0 Å². The van der Waals surface area contributed by atoms with Gasteiger partial charge in [0.2, 0.25) is 0 Å². The third-order valence-electron chi connectivity index (χ3n) is 1.71. The molecule has 80 valence electrons. The van der Waals surface area contributed by atoms with Gasteiger partial charge in [-0.25, -0.2) is 9.59 Å². The number of benzene rings is 1. The molecule has 1 aromatic rings. The molecular formula is C10H9ClO4. The second-order valence-corrected chi connectivity index (χ2v) is 2.93. The van der Waals surface area contributed by atoms with Crippen LogP contribution in [0.25, 0.3) is 0 Å². The minimum Gasteiger partial charge on any atom is -0.418 e. The van der Waals surface area contributed by atoms with E-state index in [1.165, 1.54) is 0 Å². The average molecular weight is 229 g/mol. The highest BCUT2D eigenvalue weighted by Crippen LogP contribution is 2.08. The molecule has 0 fully saturated rings. The first-order valence-corrected chi connectivity index (χ1v) is 4.69. The molecule has 5 heteroatoms. The zero-order chi connectivity index (χ0) is 11.3. The first kappa shape index (κ1) is 11.5. The van der Waals surface area contributed by atoms with Crippen LogP contribution in [0.4, 0.5) is 4.79 Å². The summed E-state index contributed by atoms with van der Waals surface area (Å²) in [7, 11) is 0. The van der Waals surface area contributed by atoms with E-state index in [-0.39, 0.29) is 6.07 Å². The van der Waals surface area contributed by atoms with E-state index in [9.17, 15) is 9.59 Å². The van der Waals surface area contributed by atoms with Gasteiger partial charge in [0.1, 0.15) is 0 Å². The van der Waals surface area contributed by atoms with Gasteiger partial charge in [-0.3, -0.25) is 0 Å². The largest absolute Gasteiger partial charge is 0.517 e. The van der Waals surface area contributed by atoms with Gasteiger partial charge in [-0.2, -0.15) is 0 Å². The van der Waals surface area contributed by atoms with Crippen LogP contribution >= 0.6 is 11.6 Å². The summed E-state index contributed by atoms with van der Waals surface area (Å²) >= 11 is 5.12.